The van der Waals surface area contributed by atoms with E-state index in [1.165, 1.54) is 0 Å². The molecule has 0 radical (unpaired) electrons. The molecule has 3 aromatic carbocycles. The number of halogens is 1. The van der Waals surface area contributed by atoms with Crippen LogP contribution in [-0.2, 0) is 0 Å². The molecule has 0 aliphatic rings. The molecule has 3 rings (SSSR count). The van der Waals surface area contributed by atoms with Crippen LogP contribution < -0.4 is 10.6 Å². The number of hydrogen-bond acceptors (Lipinski definition) is 2. The number of para-hydroxylation sites is 1. The van der Waals surface area contributed by atoms with Crippen LogP contribution in [0.5, 0.6) is 5.75 Å². The minimum Gasteiger partial charge on any atom is -0.507 e. The van der Waals surface area contributed by atoms with E-state index in [1.807, 2.05) is 30.3 Å². The highest BCUT2D eigenvalue weighted by Gasteiger charge is 2.08. The molecule has 3 aromatic rings. The Morgan fingerprint density at radius 3 is 2.27 bits per heavy atom. The Morgan fingerprint density at radius 1 is 0.818 bits per heavy atom. The first-order valence-electron chi connectivity index (χ1n) is 6.68. The molecular formula is C17H13BrN2O2. The summed E-state index contributed by atoms with van der Waals surface area (Å²) in [6.07, 6.45) is 0. The predicted octanol–water partition coefficient (Wildman–Crippen LogP) is 4.95. The van der Waals surface area contributed by atoms with Crippen LogP contribution in [-0.4, -0.2) is 11.1 Å². The van der Waals surface area contributed by atoms with Crippen LogP contribution in [0.2, 0.25) is 0 Å². The zero-order chi connectivity index (χ0) is 15.5. The van der Waals surface area contributed by atoms with E-state index in [2.05, 4.69) is 26.6 Å². The molecule has 4 nitrogen and oxygen atoms in total. The van der Waals surface area contributed by atoms with Crippen molar-refractivity contribution in [2.24, 2.45) is 0 Å². The molecule has 22 heavy (non-hydrogen) atoms. The van der Waals surface area contributed by atoms with Crippen molar-refractivity contribution in [3.8, 4) is 5.75 Å². The van der Waals surface area contributed by atoms with Gasteiger partial charge in [0.1, 0.15) is 5.75 Å². The Labute approximate surface area is 135 Å². The van der Waals surface area contributed by atoms with Crippen molar-refractivity contribution in [1.29, 1.82) is 0 Å². The highest BCUT2D eigenvalue weighted by Crippen LogP contribution is 2.30. The van der Waals surface area contributed by atoms with Gasteiger partial charge in [0, 0.05) is 15.2 Å². The number of hydrogen-bond donors (Lipinski definition) is 3. The van der Waals surface area contributed by atoms with Gasteiger partial charge in [0.2, 0.25) is 0 Å². The number of benzene rings is 3. The standard InChI is InChI=1S/C17H13BrN2O2/c18-13-7-1-2-8-15(13)20-17(22)19-14-9-3-6-12-11(14)5-4-10-16(12)21/h1-10,21H,(H2,19,20,22). The van der Waals surface area contributed by atoms with Crippen molar-refractivity contribution < 1.29 is 9.90 Å². The van der Waals surface area contributed by atoms with Crippen molar-refractivity contribution in [3.63, 3.8) is 0 Å². The van der Waals surface area contributed by atoms with Crippen LogP contribution in [0.4, 0.5) is 16.2 Å². The van der Waals surface area contributed by atoms with Gasteiger partial charge < -0.3 is 15.7 Å². The molecule has 0 aliphatic carbocycles. The summed E-state index contributed by atoms with van der Waals surface area (Å²) in [5.41, 5.74) is 1.32. The molecular weight excluding hydrogens is 344 g/mol. The largest absolute Gasteiger partial charge is 0.507 e. The maximum absolute atomic E-state index is 12.2. The van der Waals surface area contributed by atoms with E-state index >= 15 is 0 Å². The molecule has 2 amide bonds. The summed E-state index contributed by atoms with van der Waals surface area (Å²) in [7, 11) is 0. The number of urea groups is 1. The van der Waals surface area contributed by atoms with Gasteiger partial charge in [0.05, 0.1) is 11.4 Å². The first-order chi connectivity index (χ1) is 10.6. The number of anilines is 2. The predicted molar refractivity (Wildman–Crippen MR) is 92.4 cm³/mol. The summed E-state index contributed by atoms with van der Waals surface area (Å²) in [5, 5.41) is 16.9. The van der Waals surface area contributed by atoms with Gasteiger partial charge in [-0.15, -0.1) is 0 Å². The fourth-order valence-corrected chi connectivity index (χ4v) is 2.62. The molecule has 110 valence electrons. The Morgan fingerprint density at radius 2 is 1.45 bits per heavy atom. The minimum atomic E-state index is -0.345. The van der Waals surface area contributed by atoms with Crippen LogP contribution >= 0.6 is 15.9 Å². The molecule has 5 heteroatoms. The SMILES string of the molecule is O=C(Nc1ccccc1Br)Nc1cccc2c(O)cccc12. The van der Waals surface area contributed by atoms with Gasteiger partial charge in [-0.2, -0.15) is 0 Å². The average Bonchev–Trinajstić information content (AvgIpc) is 2.51. The molecule has 0 fully saturated rings. The van der Waals surface area contributed by atoms with Crippen LogP contribution in [0.1, 0.15) is 0 Å². The third-order valence-electron chi connectivity index (χ3n) is 3.27. The van der Waals surface area contributed by atoms with E-state index < -0.39 is 0 Å². The topological polar surface area (TPSA) is 61.4 Å². The van der Waals surface area contributed by atoms with Gasteiger partial charge in [-0.05, 0) is 40.2 Å². The van der Waals surface area contributed by atoms with Crippen LogP contribution in [0, 0.1) is 0 Å². The lowest BCUT2D eigenvalue weighted by molar-refractivity contribution is 0.262. The fraction of sp³-hybridized carbons (Fsp3) is 0. The average molecular weight is 357 g/mol. The van der Waals surface area contributed by atoms with Crippen molar-refractivity contribution in [3.05, 3.63) is 65.1 Å². The smallest absolute Gasteiger partial charge is 0.323 e. The molecule has 3 N–H and O–H groups in total. The Balaban J connectivity index is 1.86. The van der Waals surface area contributed by atoms with Gasteiger partial charge in [-0.25, -0.2) is 4.79 Å². The maximum atomic E-state index is 12.2. The monoisotopic (exact) mass is 356 g/mol. The number of aromatic hydroxyl groups is 1. The second-order valence-electron chi connectivity index (χ2n) is 4.74. The Hall–Kier alpha value is -2.53. The summed E-state index contributed by atoms with van der Waals surface area (Å²) >= 11 is 3.38. The molecule has 0 saturated carbocycles. The van der Waals surface area contributed by atoms with Gasteiger partial charge in [0.15, 0.2) is 0 Å². The second kappa shape index (κ2) is 6.07. The molecule has 0 saturated heterocycles. The number of rotatable bonds is 2. The fourth-order valence-electron chi connectivity index (χ4n) is 2.24. The molecule has 0 atom stereocenters. The summed E-state index contributed by atoms with van der Waals surface area (Å²) in [6, 6.07) is 17.6. The van der Waals surface area contributed by atoms with E-state index in [-0.39, 0.29) is 11.8 Å². The Bertz CT molecular complexity index is 849. The van der Waals surface area contributed by atoms with Crippen molar-refractivity contribution in [2.45, 2.75) is 0 Å². The highest BCUT2D eigenvalue weighted by molar-refractivity contribution is 9.10. The lowest BCUT2D eigenvalue weighted by Crippen LogP contribution is -2.19. The molecule has 0 bridgehead atoms. The van der Waals surface area contributed by atoms with E-state index in [4.69, 9.17) is 0 Å². The molecule has 0 heterocycles. The van der Waals surface area contributed by atoms with Gasteiger partial charge >= 0.3 is 6.03 Å². The van der Waals surface area contributed by atoms with Gasteiger partial charge in [-0.1, -0.05) is 36.4 Å². The number of carbonyl (C=O) groups excluding carboxylic acids is 1. The number of phenolic OH excluding ortho intramolecular Hbond substituents is 1. The quantitative estimate of drug-likeness (QED) is 0.608. The summed E-state index contributed by atoms with van der Waals surface area (Å²) in [4.78, 5) is 12.2. The van der Waals surface area contributed by atoms with E-state index in [9.17, 15) is 9.90 Å². The Kier molecular flexibility index (Phi) is 3.98. The van der Waals surface area contributed by atoms with Gasteiger partial charge in [-0.3, -0.25) is 0 Å². The van der Waals surface area contributed by atoms with E-state index in [1.54, 1.807) is 30.3 Å². The lowest BCUT2D eigenvalue weighted by Gasteiger charge is -2.11. The first-order valence-corrected chi connectivity index (χ1v) is 7.48. The van der Waals surface area contributed by atoms with Crippen LogP contribution in [0.3, 0.4) is 0 Å². The zero-order valence-electron chi connectivity index (χ0n) is 11.5. The number of carbonyl (C=O) groups is 1. The molecule has 0 unspecified atom stereocenters. The summed E-state index contributed by atoms with van der Waals surface area (Å²) < 4.78 is 0.806. The van der Waals surface area contributed by atoms with Crippen LogP contribution in [0.15, 0.2) is 65.1 Å². The minimum absolute atomic E-state index is 0.187. The molecule has 0 aliphatic heterocycles. The zero-order valence-corrected chi connectivity index (χ0v) is 13.1. The van der Waals surface area contributed by atoms with Gasteiger partial charge in [0.25, 0.3) is 0 Å². The first kappa shape index (κ1) is 14.4. The van der Waals surface area contributed by atoms with E-state index in [0.29, 0.717) is 16.8 Å². The van der Waals surface area contributed by atoms with Crippen molar-refractivity contribution in [1.82, 2.24) is 0 Å². The summed E-state index contributed by atoms with van der Waals surface area (Å²) in [6.45, 7) is 0. The number of nitrogens with one attached hydrogen (secondary N) is 2. The third kappa shape index (κ3) is 2.89. The molecule has 0 spiro atoms. The normalized spacial score (nSPS) is 10.4. The number of amides is 2. The van der Waals surface area contributed by atoms with E-state index in [0.717, 1.165) is 9.86 Å². The van der Waals surface area contributed by atoms with Crippen molar-refractivity contribution >= 4 is 44.1 Å². The number of fused-ring (bicyclic) bond motifs is 1. The molecule has 0 aromatic heterocycles. The summed E-state index contributed by atoms with van der Waals surface area (Å²) in [5.74, 6) is 0.187. The second-order valence-corrected chi connectivity index (χ2v) is 5.59. The third-order valence-corrected chi connectivity index (χ3v) is 3.96. The van der Waals surface area contributed by atoms with Crippen molar-refractivity contribution in [2.75, 3.05) is 10.6 Å². The maximum Gasteiger partial charge on any atom is 0.323 e. The number of phenols is 1. The highest BCUT2D eigenvalue weighted by atomic mass is 79.9. The lowest BCUT2D eigenvalue weighted by atomic mass is 10.1. The van der Waals surface area contributed by atoms with Crippen LogP contribution in [0.25, 0.3) is 10.8 Å².